The van der Waals surface area contributed by atoms with Gasteiger partial charge in [-0.2, -0.15) is 9.97 Å². The molecule has 178 valence electrons. The molecule has 2 atom stereocenters. The Balaban J connectivity index is 1.49. The molecule has 2 fully saturated rings. The predicted molar refractivity (Wildman–Crippen MR) is 123 cm³/mol. The standard InChI is InChI=1S/C23H38N6O3/c1-16-14-28(11-12-29(16)22(30)32-23(2,3)4)20-18-8-9-24-13-19(18)25-21(26-20)31-15-17-7-6-10-27(17)5/h16-17,24H,6-15H2,1-5H3/t16-,17+/m1/s1. The van der Waals surface area contributed by atoms with Crippen LogP contribution in [-0.4, -0.2) is 89.9 Å². The van der Waals surface area contributed by atoms with E-state index in [0.717, 1.165) is 44.0 Å². The first-order chi connectivity index (χ1) is 15.2. The molecule has 4 heterocycles. The molecule has 1 aromatic rings. The molecule has 32 heavy (non-hydrogen) atoms. The number of ether oxygens (including phenoxy) is 2. The van der Waals surface area contributed by atoms with Crippen LogP contribution in [0.1, 0.15) is 51.8 Å². The summed E-state index contributed by atoms with van der Waals surface area (Å²) in [7, 11) is 2.15. The summed E-state index contributed by atoms with van der Waals surface area (Å²) >= 11 is 0. The second-order valence-corrected chi connectivity index (χ2v) is 10.2. The van der Waals surface area contributed by atoms with Crippen LogP contribution >= 0.6 is 0 Å². The van der Waals surface area contributed by atoms with E-state index in [2.05, 4.69) is 29.1 Å². The molecule has 3 aliphatic rings. The zero-order chi connectivity index (χ0) is 22.9. The van der Waals surface area contributed by atoms with Crippen LogP contribution in [0.5, 0.6) is 6.01 Å². The van der Waals surface area contributed by atoms with Crippen LogP contribution in [0.2, 0.25) is 0 Å². The Kier molecular flexibility index (Phi) is 6.76. The molecule has 9 nitrogen and oxygen atoms in total. The van der Waals surface area contributed by atoms with Crippen molar-refractivity contribution < 1.29 is 14.3 Å². The lowest BCUT2D eigenvalue weighted by Crippen LogP contribution is -2.55. The van der Waals surface area contributed by atoms with E-state index < -0.39 is 5.60 Å². The molecule has 1 aromatic heterocycles. The summed E-state index contributed by atoms with van der Waals surface area (Å²) in [5.41, 5.74) is 1.73. The van der Waals surface area contributed by atoms with E-state index in [1.807, 2.05) is 25.7 Å². The number of anilines is 1. The normalized spacial score (nSPS) is 24.4. The molecular formula is C23H38N6O3. The van der Waals surface area contributed by atoms with Crippen LogP contribution in [-0.2, 0) is 17.7 Å². The molecule has 0 unspecified atom stereocenters. The molecule has 4 rings (SSSR count). The first kappa shape index (κ1) is 23.0. The van der Waals surface area contributed by atoms with Crippen molar-refractivity contribution in [2.45, 2.75) is 71.2 Å². The number of aromatic nitrogens is 2. The summed E-state index contributed by atoms with van der Waals surface area (Å²) in [6, 6.07) is 0.918. The Morgan fingerprint density at radius 2 is 2.03 bits per heavy atom. The predicted octanol–water partition coefficient (Wildman–Crippen LogP) is 2.04. The minimum Gasteiger partial charge on any atom is -0.462 e. The van der Waals surface area contributed by atoms with Gasteiger partial charge in [-0.25, -0.2) is 4.79 Å². The molecule has 1 N–H and O–H groups in total. The smallest absolute Gasteiger partial charge is 0.410 e. The van der Waals surface area contributed by atoms with Crippen molar-refractivity contribution in [1.82, 2.24) is 25.1 Å². The summed E-state index contributed by atoms with van der Waals surface area (Å²) < 4.78 is 11.7. The van der Waals surface area contributed by atoms with Crippen LogP contribution in [0.15, 0.2) is 0 Å². The fourth-order valence-corrected chi connectivity index (χ4v) is 4.75. The molecule has 2 saturated heterocycles. The average molecular weight is 447 g/mol. The van der Waals surface area contributed by atoms with Crippen LogP contribution < -0.4 is 15.0 Å². The quantitative estimate of drug-likeness (QED) is 0.752. The van der Waals surface area contributed by atoms with Crippen molar-refractivity contribution in [3.8, 4) is 6.01 Å². The third-order valence-corrected chi connectivity index (χ3v) is 6.53. The van der Waals surface area contributed by atoms with Gasteiger partial charge in [-0.05, 0) is 67.1 Å². The Labute approximate surface area is 191 Å². The second kappa shape index (κ2) is 9.39. The van der Waals surface area contributed by atoms with E-state index in [1.54, 1.807) is 0 Å². The number of nitrogens with one attached hydrogen (secondary N) is 1. The lowest BCUT2D eigenvalue weighted by molar-refractivity contribution is 0.0158. The molecule has 9 heteroatoms. The number of carbonyl (C=O) groups is 1. The Morgan fingerprint density at radius 3 is 2.72 bits per heavy atom. The van der Waals surface area contributed by atoms with Gasteiger partial charge in [0.05, 0.1) is 5.69 Å². The van der Waals surface area contributed by atoms with Gasteiger partial charge < -0.3 is 29.5 Å². The molecule has 0 spiro atoms. The number of likely N-dealkylation sites (N-methyl/N-ethyl adjacent to an activating group) is 1. The van der Waals surface area contributed by atoms with Crippen LogP contribution in [0.3, 0.4) is 0 Å². The fraction of sp³-hybridized carbons (Fsp3) is 0.783. The summed E-state index contributed by atoms with van der Waals surface area (Å²) in [6.07, 6.45) is 3.02. The molecule has 3 aliphatic heterocycles. The van der Waals surface area contributed by atoms with Crippen LogP contribution in [0.25, 0.3) is 0 Å². The van der Waals surface area contributed by atoms with Crippen molar-refractivity contribution in [2.75, 3.05) is 51.3 Å². The Hall–Kier alpha value is -2.13. The fourth-order valence-electron chi connectivity index (χ4n) is 4.75. The third kappa shape index (κ3) is 5.26. The maximum atomic E-state index is 12.6. The highest BCUT2D eigenvalue weighted by molar-refractivity contribution is 5.69. The summed E-state index contributed by atoms with van der Waals surface area (Å²) in [4.78, 5) is 28.7. The van der Waals surface area contributed by atoms with Crippen LogP contribution in [0.4, 0.5) is 10.6 Å². The van der Waals surface area contributed by atoms with Crippen molar-refractivity contribution >= 4 is 11.9 Å². The molecule has 1 amide bonds. The van der Waals surface area contributed by atoms with Gasteiger partial charge in [0.25, 0.3) is 0 Å². The maximum absolute atomic E-state index is 12.6. The number of amides is 1. The highest BCUT2D eigenvalue weighted by Crippen LogP contribution is 2.29. The van der Waals surface area contributed by atoms with Gasteiger partial charge in [-0.15, -0.1) is 0 Å². The second-order valence-electron chi connectivity index (χ2n) is 10.2. The number of fused-ring (bicyclic) bond motifs is 1. The number of nitrogens with zero attached hydrogens (tertiary/aromatic N) is 5. The molecule has 0 bridgehead atoms. The molecule has 0 aliphatic carbocycles. The molecular weight excluding hydrogens is 408 g/mol. The van der Waals surface area contributed by atoms with E-state index in [4.69, 9.17) is 19.4 Å². The van der Waals surface area contributed by atoms with Gasteiger partial charge in [0.1, 0.15) is 18.0 Å². The SMILES string of the molecule is C[C@@H]1CN(c2nc(OC[C@@H]3CCCN3C)nc3c2CCNC3)CCN1C(=O)OC(C)(C)C. The van der Waals surface area contributed by atoms with Gasteiger partial charge in [0.2, 0.25) is 0 Å². The summed E-state index contributed by atoms with van der Waals surface area (Å²) in [5.74, 6) is 0.960. The summed E-state index contributed by atoms with van der Waals surface area (Å²) in [6.45, 7) is 13.2. The van der Waals surface area contributed by atoms with Crippen LogP contribution in [0, 0.1) is 0 Å². The summed E-state index contributed by atoms with van der Waals surface area (Å²) in [5, 5.41) is 3.41. The molecule has 0 saturated carbocycles. The number of hydrogen-bond acceptors (Lipinski definition) is 8. The third-order valence-electron chi connectivity index (χ3n) is 6.53. The van der Waals surface area contributed by atoms with Crippen molar-refractivity contribution in [3.05, 3.63) is 11.3 Å². The highest BCUT2D eigenvalue weighted by atomic mass is 16.6. The Morgan fingerprint density at radius 1 is 1.22 bits per heavy atom. The molecule has 0 aromatic carbocycles. The van der Waals surface area contributed by atoms with Gasteiger partial charge >= 0.3 is 12.1 Å². The van der Waals surface area contributed by atoms with Crippen molar-refractivity contribution in [1.29, 1.82) is 0 Å². The van der Waals surface area contributed by atoms with E-state index in [1.165, 1.54) is 12.0 Å². The topological polar surface area (TPSA) is 83.1 Å². The van der Waals surface area contributed by atoms with Crippen molar-refractivity contribution in [3.63, 3.8) is 0 Å². The van der Waals surface area contributed by atoms with E-state index in [9.17, 15) is 4.79 Å². The lowest BCUT2D eigenvalue weighted by atomic mass is 10.1. The number of hydrogen-bond donors (Lipinski definition) is 1. The van der Waals surface area contributed by atoms with E-state index in [0.29, 0.717) is 38.3 Å². The zero-order valence-corrected chi connectivity index (χ0v) is 20.2. The van der Waals surface area contributed by atoms with Gasteiger partial charge in [0.15, 0.2) is 0 Å². The number of piperazine rings is 1. The zero-order valence-electron chi connectivity index (χ0n) is 20.2. The maximum Gasteiger partial charge on any atom is 0.410 e. The van der Waals surface area contributed by atoms with E-state index in [-0.39, 0.29) is 12.1 Å². The minimum atomic E-state index is -0.494. The average Bonchev–Trinajstić information content (AvgIpc) is 3.15. The van der Waals surface area contributed by atoms with Gasteiger partial charge in [-0.3, -0.25) is 0 Å². The highest BCUT2D eigenvalue weighted by Gasteiger charge is 2.33. The largest absolute Gasteiger partial charge is 0.462 e. The number of carbonyl (C=O) groups excluding carboxylic acids is 1. The van der Waals surface area contributed by atoms with E-state index >= 15 is 0 Å². The molecule has 0 radical (unpaired) electrons. The Bertz CT molecular complexity index is 827. The van der Waals surface area contributed by atoms with Gasteiger partial charge in [0, 0.05) is 43.8 Å². The van der Waals surface area contributed by atoms with Crippen molar-refractivity contribution in [2.24, 2.45) is 0 Å². The lowest BCUT2D eigenvalue weighted by Gasteiger charge is -2.41. The first-order valence-electron chi connectivity index (χ1n) is 11.9. The minimum absolute atomic E-state index is 0.0300. The monoisotopic (exact) mass is 446 g/mol. The number of likely N-dealkylation sites (tertiary alicyclic amines) is 1. The first-order valence-corrected chi connectivity index (χ1v) is 11.9. The van der Waals surface area contributed by atoms with Gasteiger partial charge in [-0.1, -0.05) is 0 Å². The number of rotatable bonds is 4.